The number of hydrogen-bond donors (Lipinski definition) is 1. The molecule has 1 atom stereocenters. The van der Waals surface area contributed by atoms with E-state index in [1.807, 2.05) is 24.3 Å². The summed E-state index contributed by atoms with van der Waals surface area (Å²) in [5.74, 6) is -0.980. The molecule has 5 heteroatoms. The Morgan fingerprint density at radius 2 is 1.41 bits per heavy atom. The highest BCUT2D eigenvalue weighted by atomic mass is 16.4. The Balaban J connectivity index is 1.02. The molecule has 0 fully saturated rings. The third-order valence-corrected chi connectivity index (χ3v) is 10.5. The molecule has 0 saturated carbocycles. The first-order valence-electron chi connectivity index (χ1n) is 17.3. The van der Waals surface area contributed by atoms with Crippen LogP contribution in [0.3, 0.4) is 0 Å². The summed E-state index contributed by atoms with van der Waals surface area (Å²) in [4.78, 5) is 13.6. The topological polar surface area (TPSA) is 69.3 Å². The first-order chi connectivity index (χ1) is 25.1. The Bertz CT molecular complexity index is 2590. The molecule has 1 aliphatic heterocycles. The van der Waals surface area contributed by atoms with Crippen molar-refractivity contribution in [2.45, 2.75) is 25.2 Å². The van der Waals surface area contributed by atoms with E-state index in [1.165, 1.54) is 72.8 Å². The number of benzene rings is 5. The van der Waals surface area contributed by atoms with Crippen molar-refractivity contribution in [1.82, 2.24) is 4.57 Å². The highest BCUT2D eigenvalue weighted by Crippen LogP contribution is 2.52. The normalized spacial score (nSPS) is 16.9. The second-order valence-corrected chi connectivity index (χ2v) is 13.3. The van der Waals surface area contributed by atoms with Gasteiger partial charge in [0.1, 0.15) is 11.6 Å². The van der Waals surface area contributed by atoms with Crippen LogP contribution in [0.4, 0.5) is 11.4 Å². The lowest BCUT2D eigenvalue weighted by Crippen LogP contribution is -2.16. The van der Waals surface area contributed by atoms with E-state index in [-0.39, 0.29) is 11.5 Å². The molecule has 5 aromatic carbocycles. The van der Waals surface area contributed by atoms with E-state index < -0.39 is 5.97 Å². The van der Waals surface area contributed by atoms with E-state index in [1.54, 1.807) is 6.07 Å². The molecule has 6 aromatic rings. The number of aliphatic carboxylic acids is 1. The number of nitrogens with zero attached hydrogens (tertiary/aromatic N) is 3. The molecule has 1 aromatic heterocycles. The second kappa shape index (κ2) is 12.4. The lowest BCUT2D eigenvalue weighted by atomic mass is 9.81. The average molecular weight is 660 g/mol. The molecule has 2 aliphatic carbocycles. The number of carbonyl (C=O) groups is 1. The van der Waals surface area contributed by atoms with E-state index in [0.29, 0.717) is 5.56 Å². The van der Waals surface area contributed by atoms with Crippen LogP contribution in [-0.4, -0.2) is 15.6 Å². The molecule has 0 spiro atoms. The van der Waals surface area contributed by atoms with Gasteiger partial charge in [0.05, 0.1) is 11.0 Å². The summed E-state index contributed by atoms with van der Waals surface area (Å²) in [6.07, 6.45) is 13.5. The van der Waals surface area contributed by atoms with Gasteiger partial charge in [-0.3, -0.25) is 0 Å². The van der Waals surface area contributed by atoms with Gasteiger partial charge in [-0.15, -0.1) is 0 Å². The fraction of sp³-hybridized carbons (Fsp3) is 0.0870. The second-order valence-electron chi connectivity index (χ2n) is 13.3. The van der Waals surface area contributed by atoms with Gasteiger partial charge in [-0.1, -0.05) is 91.0 Å². The average Bonchev–Trinajstić information content (AvgIpc) is 3.70. The van der Waals surface area contributed by atoms with Gasteiger partial charge in [0.15, 0.2) is 0 Å². The summed E-state index contributed by atoms with van der Waals surface area (Å²) in [5, 5.41) is 21.0. The van der Waals surface area contributed by atoms with Crippen molar-refractivity contribution in [3.63, 3.8) is 0 Å². The Morgan fingerprint density at radius 1 is 0.706 bits per heavy atom. The molecule has 0 saturated heterocycles. The minimum Gasteiger partial charge on any atom is -0.477 e. The van der Waals surface area contributed by atoms with E-state index in [9.17, 15) is 15.2 Å². The van der Waals surface area contributed by atoms with E-state index in [4.69, 9.17) is 0 Å². The standard InChI is InChI=1S/C46H33N3O2/c47-29-35(46(50)51)26-30-14-22-37(23-15-30)49-43-13-7-5-11-39(43)41-28-34(21-25-45(41)49)32-18-16-31(17-19-32)33-20-24-44-40(27-33)38-10-4-6-12-42(38)48(44)36-8-2-1-3-9-36/h1-16,18,20-27,41H,17,19,28H2,(H,50,51)/b35-26+. The summed E-state index contributed by atoms with van der Waals surface area (Å²) < 4.78 is 2.36. The van der Waals surface area contributed by atoms with Gasteiger partial charge in [-0.25, -0.2) is 4.79 Å². The minimum absolute atomic E-state index is 0.244. The van der Waals surface area contributed by atoms with Gasteiger partial charge in [0.25, 0.3) is 0 Å². The van der Waals surface area contributed by atoms with Crippen LogP contribution in [-0.2, 0) is 4.79 Å². The lowest BCUT2D eigenvalue weighted by molar-refractivity contribution is -0.132. The highest BCUT2D eigenvalue weighted by molar-refractivity contribution is 6.10. The van der Waals surface area contributed by atoms with E-state index >= 15 is 0 Å². The maximum Gasteiger partial charge on any atom is 0.346 e. The SMILES string of the molecule is N#C/C(=C\c1ccc(N2C3=CC=C(C4=CC=C(c5ccc6c(c5)c5ccccc5n6-c5ccccc5)CC4)CC3c3ccccc32)cc1)C(=O)O. The lowest BCUT2D eigenvalue weighted by Gasteiger charge is -2.27. The summed E-state index contributed by atoms with van der Waals surface area (Å²) in [6, 6.07) is 44.3. The third kappa shape index (κ3) is 5.21. The fourth-order valence-corrected chi connectivity index (χ4v) is 8.05. The zero-order chi connectivity index (χ0) is 34.5. The van der Waals surface area contributed by atoms with Crippen molar-refractivity contribution in [2.24, 2.45) is 0 Å². The molecule has 1 unspecified atom stereocenters. The molecule has 5 nitrogen and oxygen atoms in total. The van der Waals surface area contributed by atoms with Gasteiger partial charge >= 0.3 is 5.97 Å². The zero-order valence-corrected chi connectivity index (χ0v) is 27.8. The van der Waals surface area contributed by atoms with Gasteiger partial charge in [-0.05, 0) is 113 Å². The first-order valence-corrected chi connectivity index (χ1v) is 17.3. The molecule has 9 rings (SSSR count). The number of carboxylic acid groups (broad SMARTS) is 1. The van der Waals surface area contributed by atoms with Crippen LogP contribution in [0.5, 0.6) is 0 Å². The summed E-state index contributed by atoms with van der Waals surface area (Å²) >= 11 is 0. The highest BCUT2D eigenvalue weighted by Gasteiger charge is 2.36. The van der Waals surface area contributed by atoms with Crippen molar-refractivity contribution in [1.29, 1.82) is 5.26 Å². The predicted molar refractivity (Wildman–Crippen MR) is 206 cm³/mol. The number of hydrogen-bond acceptors (Lipinski definition) is 3. The Morgan fingerprint density at radius 3 is 2.20 bits per heavy atom. The van der Waals surface area contributed by atoms with Crippen molar-refractivity contribution in [3.8, 4) is 11.8 Å². The van der Waals surface area contributed by atoms with Gasteiger partial charge in [0, 0.05) is 39.4 Å². The third-order valence-electron chi connectivity index (χ3n) is 10.5. The van der Waals surface area contributed by atoms with Gasteiger partial charge < -0.3 is 14.6 Å². The zero-order valence-electron chi connectivity index (χ0n) is 27.8. The van der Waals surface area contributed by atoms with Crippen LogP contribution in [0, 0.1) is 11.3 Å². The van der Waals surface area contributed by atoms with E-state index in [0.717, 1.165) is 24.9 Å². The van der Waals surface area contributed by atoms with Crippen LogP contribution < -0.4 is 4.90 Å². The number of para-hydroxylation sites is 3. The van der Waals surface area contributed by atoms with Crippen molar-refractivity contribution in [3.05, 3.63) is 185 Å². The van der Waals surface area contributed by atoms with Gasteiger partial charge in [0.2, 0.25) is 0 Å². The molecular weight excluding hydrogens is 627 g/mol. The van der Waals surface area contributed by atoms with Crippen molar-refractivity contribution >= 4 is 50.8 Å². The number of anilines is 2. The van der Waals surface area contributed by atoms with Crippen molar-refractivity contribution < 1.29 is 9.90 Å². The monoisotopic (exact) mass is 659 g/mol. The maximum absolute atomic E-state index is 11.3. The fourth-order valence-electron chi connectivity index (χ4n) is 8.05. The molecular formula is C46H33N3O2. The molecule has 1 N–H and O–H groups in total. The molecule has 3 aliphatic rings. The molecule has 0 radical (unpaired) electrons. The molecule has 0 bridgehead atoms. The Hall–Kier alpha value is -6.64. The smallest absolute Gasteiger partial charge is 0.346 e. The largest absolute Gasteiger partial charge is 0.477 e. The van der Waals surface area contributed by atoms with Crippen LogP contribution in [0.2, 0.25) is 0 Å². The molecule has 244 valence electrons. The van der Waals surface area contributed by atoms with Crippen molar-refractivity contribution in [2.75, 3.05) is 4.90 Å². The number of carboxylic acids is 1. The van der Waals surface area contributed by atoms with Crippen LogP contribution >= 0.6 is 0 Å². The molecule has 51 heavy (non-hydrogen) atoms. The van der Waals surface area contributed by atoms with Gasteiger partial charge in [-0.2, -0.15) is 5.26 Å². The number of aromatic nitrogens is 1. The first kappa shape index (κ1) is 30.4. The molecule has 0 amide bonds. The number of allylic oxidation sites excluding steroid dienone is 8. The number of rotatable bonds is 6. The van der Waals surface area contributed by atoms with Crippen LogP contribution in [0.25, 0.3) is 39.1 Å². The van der Waals surface area contributed by atoms with Crippen LogP contribution in [0.15, 0.2) is 168 Å². The predicted octanol–water partition coefficient (Wildman–Crippen LogP) is 11.0. The summed E-state index contributed by atoms with van der Waals surface area (Å²) in [5.41, 5.74) is 14.2. The summed E-state index contributed by atoms with van der Waals surface area (Å²) in [7, 11) is 0. The summed E-state index contributed by atoms with van der Waals surface area (Å²) in [6.45, 7) is 0. The number of fused-ring (bicyclic) bond motifs is 6. The quantitative estimate of drug-likeness (QED) is 0.143. The van der Waals surface area contributed by atoms with Crippen LogP contribution in [0.1, 0.15) is 41.9 Å². The Kier molecular flexibility index (Phi) is 7.37. The van der Waals surface area contributed by atoms with E-state index in [2.05, 4.69) is 131 Å². The minimum atomic E-state index is -1.22. The Labute approximate surface area is 296 Å². The maximum atomic E-state index is 11.3. The molecule has 2 heterocycles. The number of nitriles is 1.